The molecule has 20 heavy (non-hydrogen) atoms. The standard InChI is InChI=1S/C15H21N3O2/c1-3-19-13-6-7-15(20-4-2)14(12-13)16-9-11-18-10-5-8-17-18/h5-8,10,12,16H,3-4,9,11H2,1-2H3. The molecule has 0 bridgehead atoms. The first-order valence-corrected chi connectivity index (χ1v) is 6.94. The maximum absolute atomic E-state index is 5.62. The smallest absolute Gasteiger partial charge is 0.142 e. The van der Waals surface area contributed by atoms with Crippen LogP contribution in [0.2, 0.25) is 0 Å². The summed E-state index contributed by atoms with van der Waals surface area (Å²) in [7, 11) is 0. The van der Waals surface area contributed by atoms with Crippen molar-refractivity contribution in [2.45, 2.75) is 20.4 Å². The summed E-state index contributed by atoms with van der Waals surface area (Å²) in [4.78, 5) is 0. The van der Waals surface area contributed by atoms with Crippen molar-refractivity contribution in [3.8, 4) is 11.5 Å². The quantitative estimate of drug-likeness (QED) is 0.805. The lowest BCUT2D eigenvalue weighted by molar-refractivity contribution is 0.332. The van der Waals surface area contributed by atoms with E-state index in [2.05, 4.69) is 10.4 Å². The van der Waals surface area contributed by atoms with Crippen molar-refractivity contribution in [1.82, 2.24) is 9.78 Å². The summed E-state index contributed by atoms with van der Waals surface area (Å²) in [5.74, 6) is 1.69. The largest absolute Gasteiger partial charge is 0.494 e. The molecule has 0 saturated heterocycles. The Bertz CT molecular complexity index is 512. The predicted octanol–water partition coefficient (Wildman–Crippen LogP) is 2.79. The van der Waals surface area contributed by atoms with Crippen molar-refractivity contribution in [3.63, 3.8) is 0 Å². The zero-order valence-electron chi connectivity index (χ0n) is 12.0. The van der Waals surface area contributed by atoms with E-state index in [1.807, 2.05) is 49.0 Å². The van der Waals surface area contributed by atoms with Gasteiger partial charge in [0.2, 0.25) is 0 Å². The topological polar surface area (TPSA) is 48.3 Å². The molecule has 1 N–H and O–H groups in total. The Balaban J connectivity index is 2.00. The Labute approximate surface area is 119 Å². The molecule has 0 atom stereocenters. The number of benzene rings is 1. The molecule has 1 aromatic carbocycles. The van der Waals surface area contributed by atoms with E-state index in [0.29, 0.717) is 13.2 Å². The third kappa shape index (κ3) is 3.91. The van der Waals surface area contributed by atoms with Crippen LogP contribution in [-0.4, -0.2) is 29.5 Å². The summed E-state index contributed by atoms with van der Waals surface area (Å²) >= 11 is 0. The van der Waals surface area contributed by atoms with Gasteiger partial charge in [-0.2, -0.15) is 5.10 Å². The molecule has 0 aliphatic carbocycles. The van der Waals surface area contributed by atoms with Gasteiger partial charge in [-0.1, -0.05) is 0 Å². The first-order valence-electron chi connectivity index (χ1n) is 6.94. The predicted molar refractivity (Wildman–Crippen MR) is 79.5 cm³/mol. The van der Waals surface area contributed by atoms with Gasteiger partial charge in [0.05, 0.1) is 25.4 Å². The Hall–Kier alpha value is -2.17. The SMILES string of the molecule is CCOc1ccc(OCC)c(NCCn2cccn2)c1. The second kappa shape index (κ2) is 7.43. The van der Waals surface area contributed by atoms with Crippen LogP contribution in [-0.2, 0) is 6.54 Å². The first-order chi connectivity index (χ1) is 9.83. The number of nitrogens with one attached hydrogen (secondary N) is 1. The van der Waals surface area contributed by atoms with Gasteiger partial charge in [0.15, 0.2) is 0 Å². The summed E-state index contributed by atoms with van der Waals surface area (Å²) in [6.45, 7) is 6.82. The van der Waals surface area contributed by atoms with Crippen LogP contribution in [0.4, 0.5) is 5.69 Å². The van der Waals surface area contributed by atoms with E-state index in [4.69, 9.17) is 9.47 Å². The molecule has 0 saturated carbocycles. The minimum Gasteiger partial charge on any atom is -0.494 e. The summed E-state index contributed by atoms with van der Waals surface area (Å²) in [6.07, 6.45) is 3.73. The maximum Gasteiger partial charge on any atom is 0.142 e. The van der Waals surface area contributed by atoms with Crippen LogP contribution < -0.4 is 14.8 Å². The van der Waals surface area contributed by atoms with Crippen LogP contribution in [0.5, 0.6) is 11.5 Å². The summed E-state index contributed by atoms with van der Waals surface area (Å²) < 4.78 is 13.0. The molecule has 1 aromatic heterocycles. The highest BCUT2D eigenvalue weighted by Gasteiger charge is 2.05. The number of hydrogen-bond acceptors (Lipinski definition) is 4. The first kappa shape index (κ1) is 14.2. The Morgan fingerprint density at radius 1 is 1.20 bits per heavy atom. The van der Waals surface area contributed by atoms with E-state index in [1.54, 1.807) is 6.20 Å². The average molecular weight is 275 g/mol. The van der Waals surface area contributed by atoms with Crippen LogP contribution >= 0.6 is 0 Å². The number of anilines is 1. The van der Waals surface area contributed by atoms with Crippen molar-refractivity contribution in [2.75, 3.05) is 25.1 Å². The van der Waals surface area contributed by atoms with Crippen LogP contribution in [0.15, 0.2) is 36.7 Å². The molecule has 0 unspecified atom stereocenters. The van der Waals surface area contributed by atoms with Gasteiger partial charge in [-0.3, -0.25) is 4.68 Å². The Morgan fingerprint density at radius 3 is 2.75 bits per heavy atom. The van der Waals surface area contributed by atoms with E-state index in [1.165, 1.54) is 0 Å². The number of hydrogen-bond donors (Lipinski definition) is 1. The number of nitrogens with zero attached hydrogens (tertiary/aromatic N) is 2. The van der Waals surface area contributed by atoms with Crippen molar-refractivity contribution >= 4 is 5.69 Å². The number of aromatic nitrogens is 2. The van der Waals surface area contributed by atoms with Crippen molar-refractivity contribution in [3.05, 3.63) is 36.7 Å². The third-order valence-corrected chi connectivity index (χ3v) is 2.78. The van der Waals surface area contributed by atoms with Gasteiger partial charge in [0.1, 0.15) is 11.5 Å². The fourth-order valence-corrected chi connectivity index (χ4v) is 1.92. The lowest BCUT2D eigenvalue weighted by Crippen LogP contribution is -2.11. The minimum absolute atomic E-state index is 0.641. The number of ether oxygens (including phenoxy) is 2. The summed E-state index contributed by atoms with van der Waals surface area (Å²) in [5, 5.41) is 7.54. The molecule has 0 amide bonds. The van der Waals surface area contributed by atoms with E-state index in [9.17, 15) is 0 Å². The van der Waals surface area contributed by atoms with E-state index in [-0.39, 0.29) is 0 Å². The van der Waals surface area contributed by atoms with Crippen LogP contribution in [0.25, 0.3) is 0 Å². The van der Waals surface area contributed by atoms with Gasteiger partial charge in [0, 0.05) is 25.0 Å². The fraction of sp³-hybridized carbons (Fsp3) is 0.400. The molecule has 2 rings (SSSR count). The summed E-state index contributed by atoms with van der Waals surface area (Å²) in [5.41, 5.74) is 0.949. The fourth-order valence-electron chi connectivity index (χ4n) is 1.92. The van der Waals surface area contributed by atoms with Gasteiger partial charge in [0.25, 0.3) is 0 Å². The molecule has 5 heteroatoms. The average Bonchev–Trinajstić information content (AvgIpc) is 2.95. The zero-order chi connectivity index (χ0) is 14.2. The van der Waals surface area contributed by atoms with Gasteiger partial charge in [-0.25, -0.2) is 0 Å². The molecule has 0 radical (unpaired) electrons. The van der Waals surface area contributed by atoms with Gasteiger partial charge < -0.3 is 14.8 Å². The second-order valence-electron chi connectivity index (χ2n) is 4.22. The molecule has 0 spiro atoms. The molecule has 2 aromatic rings. The van der Waals surface area contributed by atoms with Crippen molar-refractivity contribution in [2.24, 2.45) is 0 Å². The van der Waals surface area contributed by atoms with E-state index in [0.717, 1.165) is 30.3 Å². The van der Waals surface area contributed by atoms with E-state index >= 15 is 0 Å². The molecular weight excluding hydrogens is 254 g/mol. The lowest BCUT2D eigenvalue weighted by atomic mass is 10.2. The monoisotopic (exact) mass is 275 g/mol. The maximum atomic E-state index is 5.62. The minimum atomic E-state index is 0.641. The highest BCUT2D eigenvalue weighted by atomic mass is 16.5. The molecule has 5 nitrogen and oxygen atoms in total. The molecule has 1 heterocycles. The van der Waals surface area contributed by atoms with Gasteiger partial charge >= 0.3 is 0 Å². The Morgan fingerprint density at radius 2 is 2.05 bits per heavy atom. The van der Waals surface area contributed by atoms with E-state index < -0.39 is 0 Å². The van der Waals surface area contributed by atoms with Crippen molar-refractivity contribution in [1.29, 1.82) is 0 Å². The highest BCUT2D eigenvalue weighted by Crippen LogP contribution is 2.29. The third-order valence-electron chi connectivity index (χ3n) is 2.78. The molecular formula is C15H21N3O2. The molecule has 0 fully saturated rings. The van der Waals surface area contributed by atoms with Gasteiger partial charge in [-0.05, 0) is 32.0 Å². The second-order valence-corrected chi connectivity index (χ2v) is 4.22. The normalized spacial score (nSPS) is 10.3. The molecule has 0 aliphatic heterocycles. The molecule has 0 aliphatic rings. The van der Waals surface area contributed by atoms with Crippen LogP contribution in [0, 0.1) is 0 Å². The lowest BCUT2D eigenvalue weighted by Gasteiger charge is -2.14. The highest BCUT2D eigenvalue weighted by molar-refractivity contribution is 5.59. The molecule has 108 valence electrons. The van der Waals surface area contributed by atoms with Crippen molar-refractivity contribution < 1.29 is 9.47 Å². The summed E-state index contributed by atoms with van der Waals surface area (Å²) in [6, 6.07) is 7.75. The van der Waals surface area contributed by atoms with Crippen LogP contribution in [0.3, 0.4) is 0 Å². The van der Waals surface area contributed by atoms with Gasteiger partial charge in [-0.15, -0.1) is 0 Å². The zero-order valence-corrected chi connectivity index (χ0v) is 12.0. The number of rotatable bonds is 8. The Kier molecular flexibility index (Phi) is 5.29. The van der Waals surface area contributed by atoms with Crippen LogP contribution in [0.1, 0.15) is 13.8 Å².